The monoisotopic (exact) mass is 675 g/mol. The lowest BCUT2D eigenvalue weighted by Crippen LogP contribution is -2.35. The summed E-state index contributed by atoms with van der Waals surface area (Å²) in [5.41, 5.74) is 4.03. The zero-order valence-electron chi connectivity index (χ0n) is 27.8. The van der Waals surface area contributed by atoms with Gasteiger partial charge in [0.1, 0.15) is 24.2 Å². The van der Waals surface area contributed by atoms with Crippen LogP contribution in [0, 0.1) is 0 Å². The quantitative estimate of drug-likeness (QED) is 0.0921. The molecule has 254 valence electrons. The van der Waals surface area contributed by atoms with Crippen molar-refractivity contribution in [3.05, 3.63) is 93.8 Å². The summed E-state index contributed by atoms with van der Waals surface area (Å²) in [6.45, 7) is 8.50. The summed E-state index contributed by atoms with van der Waals surface area (Å²) in [5, 5.41) is 19.0. The van der Waals surface area contributed by atoms with E-state index in [9.17, 15) is 14.7 Å². The van der Waals surface area contributed by atoms with Gasteiger partial charge in [-0.2, -0.15) is 0 Å². The molecule has 1 aliphatic heterocycles. The predicted molar refractivity (Wildman–Crippen MR) is 186 cm³/mol. The van der Waals surface area contributed by atoms with Gasteiger partial charge in [-0.1, -0.05) is 61.8 Å². The summed E-state index contributed by atoms with van der Waals surface area (Å²) < 4.78 is 23.1. The maximum absolute atomic E-state index is 13.6. The van der Waals surface area contributed by atoms with Crippen LogP contribution in [-0.2, 0) is 19.1 Å². The Labute approximate surface area is 285 Å². The predicted octanol–water partition coefficient (Wildman–Crippen LogP) is 6.13. The Hall–Kier alpha value is -4.51. The molecule has 0 radical (unpaired) electrons. The zero-order chi connectivity index (χ0) is 34.4. The van der Waals surface area contributed by atoms with Gasteiger partial charge in [0.25, 0.3) is 0 Å². The van der Waals surface area contributed by atoms with Crippen molar-refractivity contribution in [3.63, 3.8) is 0 Å². The number of dihydropyridines is 1. The number of ether oxygens (including phenoxy) is 4. The highest BCUT2D eigenvalue weighted by Crippen LogP contribution is 2.42. The van der Waals surface area contributed by atoms with Crippen LogP contribution < -0.4 is 20.1 Å². The Morgan fingerprint density at radius 2 is 1.60 bits per heavy atom. The Bertz CT molecular complexity index is 1860. The summed E-state index contributed by atoms with van der Waals surface area (Å²) >= 11 is 6.56. The molecular formula is C37H42ClN3O7. The third kappa shape index (κ3) is 7.62. The molecule has 0 spiro atoms. The number of aliphatic hydroxyl groups is 1. The molecule has 0 fully saturated rings. The average molecular weight is 676 g/mol. The first-order valence-corrected chi connectivity index (χ1v) is 16.4. The zero-order valence-corrected chi connectivity index (χ0v) is 28.6. The van der Waals surface area contributed by atoms with E-state index in [2.05, 4.69) is 15.6 Å². The minimum absolute atomic E-state index is 0.0838. The van der Waals surface area contributed by atoms with Crippen LogP contribution in [0.2, 0.25) is 5.02 Å². The number of H-pyrrole nitrogens is 1. The highest BCUT2D eigenvalue weighted by atomic mass is 35.5. The number of aromatic nitrogens is 1. The Balaban J connectivity index is 1.27. The van der Waals surface area contributed by atoms with Crippen molar-refractivity contribution in [2.24, 2.45) is 0 Å². The maximum atomic E-state index is 13.6. The largest absolute Gasteiger partial charge is 0.491 e. The molecule has 3 aromatic carbocycles. The molecule has 0 bridgehead atoms. The highest BCUT2D eigenvalue weighted by Gasteiger charge is 2.38. The van der Waals surface area contributed by atoms with Crippen LogP contribution in [0.5, 0.6) is 11.5 Å². The second-order valence-electron chi connectivity index (χ2n) is 12.0. The molecule has 4 N–H and O–H groups in total. The summed E-state index contributed by atoms with van der Waals surface area (Å²) in [6, 6.07) is 18.9. The van der Waals surface area contributed by atoms with E-state index in [-0.39, 0.29) is 31.4 Å². The summed E-state index contributed by atoms with van der Waals surface area (Å²) in [6.07, 6.45) is -0.252. The van der Waals surface area contributed by atoms with Gasteiger partial charge in [-0.05, 0) is 43.7 Å². The number of allylic oxidation sites excluding steroid dienone is 2. The molecule has 2 atom stereocenters. The smallest absolute Gasteiger partial charge is 0.336 e. The van der Waals surface area contributed by atoms with E-state index >= 15 is 0 Å². The minimum Gasteiger partial charge on any atom is -0.491 e. The van der Waals surface area contributed by atoms with Crippen molar-refractivity contribution in [1.29, 1.82) is 0 Å². The third-order valence-electron chi connectivity index (χ3n) is 8.16. The van der Waals surface area contributed by atoms with Crippen molar-refractivity contribution < 1.29 is 33.6 Å². The van der Waals surface area contributed by atoms with Crippen LogP contribution in [-0.4, -0.2) is 67.7 Å². The lowest BCUT2D eigenvalue weighted by Gasteiger charge is -2.30. The SMILES string of the molecule is COC(=O)C1=C(C)NC(C)=C(C(=O)OCCCOc2ccc(OCC(O)CNC(C)C)c3c2[nH]c2ccccc23)C1c1ccccc1Cl. The molecule has 11 heteroatoms. The number of methoxy groups -OCH3 is 1. The highest BCUT2D eigenvalue weighted by molar-refractivity contribution is 6.31. The van der Waals surface area contributed by atoms with E-state index in [1.807, 2.05) is 50.2 Å². The third-order valence-corrected chi connectivity index (χ3v) is 8.50. The fraction of sp³-hybridized carbons (Fsp3) is 0.351. The summed E-state index contributed by atoms with van der Waals surface area (Å²) in [4.78, 5) is 29.9. The molecule has 2 unspecified atom stereocenters. The lowest BCUT2D eigenvalue weighted by molar-refractivity contribution is -0.139. The van der Waals surface area contributed by atoms with Gasteiger partial charge in [0.2, 0.25) is 0 Å². The number of benzene rings is 3. The molecular weight excluding hydrogens is 634 g/mol. The fourth-order valence-corrected chi connectivity index (χ4v) is 6.15. The van der Waals surface area contributed by atoms with Gasteiger partial charge in [-0.15, -0.1) is 0 Å². The van der Waals surface area contributed by atoms with Crippen molar-refractivity contribution in [1.82, 2.24) is 15.6 Å². The molecule has 4 aromatic rings. The van der Waals surface area contributed by atoms with E-state index in [0.29, 0.717) is 52.0 Å². The van der Waals surface area contributed by atoms with E-state index in [1.54, 1.807) is 38.1 Å². The molecule has 2 heterocycles. The number of halogens is 1. The van der Waals surface area contributed by atoms with E-state index in [1.165, 1.54) is 7.11 Å². The number of hydrogen-bond donors (Lipinski definition) is 4. The maximum Gasteiger partial charge on any atom is 0.336 e. The number of fused-ring (bicyclic) bond motifs is 3. The van der Waals surface area contributed by atoms with Crippen molar-refractivity contribution in [2.45, 2.75) is 52.2 Å². The van der Waals surface area contributed by atoms with E-state index in [4.69, 9.17) is 30.5 Å². The summed E-state index contributed by atoms with van der Waals surface area (Å²) in [5.74, 6) is -0.626. The molecule has 48 heavy (non-hydrogen) atoms. The summed E-state index contributed by atoms with van der Waals surface area (Å²) in [7, 11) is 1.30. The van der Waals surface area contributed by atoms with Crippen LogP contribution in [0.25, 0.3) is 21.8 Å². The number of carbonyl (C=O) groups excluding carboxylic acids is 2. The number of para-hydroxylation sites is 1. The lowest BCUT2D eigenvalue weighted by atomic mass is 9.80. The van der Waals surface area contributed by atoms with Crippen molar-refractivity contribution in [2.75, 3.05) is 33.5 Å². The van der Waals surface area contributed by atoms with Gasteiger partial charge < -0.3 is 39.7 Å². The van der Waals surface area contributed by atoms with Gasteiger partial charge in [0.05, 0.1) is 48.3 Å². The molecule has 0 saturated carbocycles. The minimum atomic E-state index is -0.764. The molecule has 0 amide bonds. The molecule has 10 nitrogen and oxygen atoms in total. The number of carbonyl (C=O) groups is 2. The molecule has 5 rings (SSSR count). The standard InChI is InChI=1S/C37H42ClN3O7/c1-21(2)39-19-24(42)20-48-29-15-16-30(35-33(29)26-12-7-9-14-28(26)41-35)46-17-10-18-47-37(44)32-23(4)40-22(3)31(36(43)45-5)34(32)25-11-6-8-13-27(25)38/h6-9,11-16,21,24,34,39-42H,10,17-20H2,1-5H3. The van der Waals surface area contributed by atoms with Crippen LogP contribution in [0.15, 0.2) is 83.2 Å². The topological polar surface area (TPSA) is 131 Å². The van der Waals surface area contributed by atoms with Crippen LogP contribution >= 0.6 is 11.6 Å². The van der Waals surface area contributed by atoms with Gasteiger partial charge in [-0.3, -0.25) is 0 Å². The Morgan fingerprint density at radius 3 is 2.33 bits per heavy atom. The first-order valence-electron chi connectivity index (χ1n) is 16.0. The number of aromatic amines is 1. The van der Waals surface area contributed by atoms with Crippen LogP contribution in [0.4, 0.5) is 0 Å². The first kappa shape index (κ1) is 34.8. The number of hydrogen-bond acceptors (Lipinski definition) is 9. The number of rotatable bonds is 14. The first-order chi connectivity index (χ1) is 23.1. The molecule has 1 aromatic heterocycles. The van der Waals surface area contributed by atoms with Crippen molar-refractivity contribution in [3.8, 4) is 11.5 Å². The Morgan fingerprint density at radius 1 is 0.917 bits per heavy atom. The van der Waals surface area contributed by atoms with Crippen molar-refractivity contribution >= 4 is 45.3 Å². The fourth-order valence-electron chi connectivity index (χ4n) is 5.91. The van der Waals surface area contributed by atoms with E-state index < -0.39 is 24.0 Å². The molecule has 1 aliphatic rings. The van der Waals surface area contributed by atoms with Crippen LogP contribution in [0.3, 0.4) is 0 Å². The van der Waals surface area contributed by atoms with Gasteiger partial charge in [-0.25, -0.2) is 9.59 Å². The number of esters is 2. The number of nitrogens with one attached hydrogen (secondary N) is 3. The van der Waals surface area contributed by atoms with Gasteiger partial charge >= 0.3 is 11.9 Å². The van der Waals surface area contributed by atoms with Crippen LogP contribution in [0.1, 0.15) is 45.6 Å². The molecule has 0 saturated heterocycles. The second-order valence-corrected chi connectivity index (χ2v) is 12.4. The average Bonchev–Trinajstić information content (AvgIpc) is 3.46. The van der Waals surface area contributed by atoms with E-state index in [0.717, 1.165) is 21.8 Å². The van der Waals surface area contributed by atoms with Gasteiger partial charge in [0.15, 0.2) is 0 Å². The normalized spacial score (nSPS) is 15.5. The van der Waals surface area contributed by atoms with Gasteiger partial charge in [0, 0.05) is 46.3 Å². The number of aliphatic hydroxyl groups excluding tert-OH is 1. The Kier molecular flexibility index (Phi) is 11.3. The second kappa shape index (κ2) is 15.6. The molecule has 0 aliphatic carbocycles.